The Hall–Kier alpha value is -0.790. The molecule has 4 heterocycles. The molecule has 134 valence electrons. The van der Waals surface area contributed by atoms with E-state index in [-0.39, 0.29) is 9.90 Å². The molecule has 3 aliphatic rings. The first-order chi connectivity index (χ1) is 11.4. The van der Waals surface area contributed by atoms with E-state index in [1.54, 1.807) is 11.3 Å². The zero-order chi connectivity index (χ0) is 16.8. The lowest BCUT2D eigenvalue weighted by molar-refractivity contribution is -0.994. The Morgan fingerprint density at radius 3 is 2.54 bits per heavy atom. The van der Waals surface area contributed by atoms with Crippen molar-refractivity contribution in [3.8, 4) is 0 Å². The van der Waals surface area contributed by atoms with Gasteiger partial charge < -0.3 is 14.1 Å². The summed E-state index contributed by atoms with van der Waals surface area (Å²) < 4.78 is 45.1. The molecule has 0 atom stereocenters. The zero-order valence-corrected chi connectivity index (χ0v) is 14.5. The van der Waals surface area contributed by atoms with Gasteiger partial charge in [-0.05, 0) is 24.3 Å². The minimum Gasteiger partial charge on any atom is -0.381 e. The molecule has 3 nitrogen and oxygen atoms in total. The maximum atomic E-state index is 13.2. The highest BCUT2D eigenvalue weighted by atomic mass is 32.1. The molecule has 7 heteroatoms. The van der Waals surface area contributed by atoms with Crippen molar-refractivity contribution in [1.82, 2.24) is 0 Å². The van der Waals surface area contributed by atoms with Crippen LogP contribution in [0.2, 0.25) is 0 Å². The van der Waals surface area contributed by atoms with Crippen LogP contribution in [0.15, 0.2) is 16.8 Å². The van der Waals surface area contributed by atoms with Crippen molar-refractivity contribution in [2.75, 3.05) is 57.4 Å². The number of anilines is 1. The normalized spacial score (nSPS) is 26.2. The number of thiophene rings is 1. The Morgan fingerprint density at radius 2 is 1.96 bits per heavy atom. The molecule has 1 spiro atoms. The van der Waals surface area contributed by atoms with E-state index in [1.165, 1.54) is 5.69 Å². The van der Waals surface area contributed by atoms with Crippen LogP contribution in [0.4, 0.5) is 18.9 Å². The van der Waals surface area contributed by atoms with E-state index < -0.39 is 12.7 Å². The third-order valence-corrected chi connectivity index (χ3v) is 6.44. The Balaban J connectivity index is 1.39. The Labute approximate surface area is 144 Å². The Bertz CT molecular complexity index is 555. The molecule has 0 unspecified atom stereocenters. The fourth-order valence-electron chi connectivity index (χ4n) is 5.12. The van der Waals surface area contributed by atoms with Gasteiger partial charge in [-0.15, -0.1) is 0 Å². The van der Waals surface area contributed by atoms with E-state index in [0.717, 1.165) is 25.9 Å². The number of likely N-dealkylation sites (tertiary alicyclic amines) is 1. The second-order valence-electron chi connectivity index (χ2n) is 8.01. The van der Waals surface area contributed by atoms with Gasteiger partial charge in [-0.2, -0.15) is 24.5 Å². The molecule has 0 bridgehead atoms. The number of ether oxygens (including phenoxy) is 1. The molecule has 3 aliphatic heterocycles. The lowest BCUT2D eigenvalue weighted by Crippen LogP contribution is -2.81. The molecule has 0 saturated carbocycles. The summed E-state index contributed by atoms with van der Waals surface area (Å²) in [6.07, 6.45) is -2.26. The van der Waals surface area contributed by atoms with E-state index in [2.05, 4.69) is 21.7 Å². The molecule has 3 fully saturated rings. The van der Waals surface area contributed by atoms with E-state index in [0.29, 0.717) is 38.8 Å². The predicted octanol–water partition coefficient (Wildman–Crippen LogP) is 3.37. The standard InChI is InChI=1S/C17H24F3N2OS/c18-17(19,20)13-22(7-14-1-4-23-5-2-14)11-16(12-22)9-21(10-16)15-3-6-24-8-15/h3,6,8,14H,1-2,4-5,7,9-13H2/q+1. The van der Waals surface area contributed by atoms with Gasteiger partial charge in [0, 0.05) is 43.3 Å². The highest BCUT2D eigenvalue weighted by Gasteiger charge is 2.64. The number of hydrogen-bond donors (Lipinski definition) is 0. The first-order valence-electron chi connectivity index (χ1n) is 8.64. The predicted molar refractivity (Wildman–Crippen MR) is 88.3 cm³/mol. The second-order valence-corrected chi connectivity index (χ2v) is 8.79. The summed E-state index contributed by atoms with van der Waals surface area (Å²) in [6.45, 7) is 4.61. The summed E-state index contributed by atoms with van der Waals surface area (Å²) in [7, 11) is 0. The molecule has 1 aromatic rings. The monoisotopic (exact) mass is 361 g/mol. The second kappa shape index (κ2) is 5.88. The summed E-state index contributed by atoms with van der Waals surface area (Å²) in [5.74, 6) is 0.381. The van der Waals surface area contributed by atoms with E-state index in [9.17, 15) is 13.2 Å². The molecule has 1 aromatic heterocycles. The van der Waals surface area contributed by atoms with Crippen LogP contribution in [-0.4, -0.2) is 63.1 Å². The van der Waals surface area contributed by atoms with Crippen LogP contribution in [0, 0.1) is 11.3 Å². The van der Waals surface area contributed by atoms with E-state index in [1.807, 2.05) is 0 Å². The largest absolute Gasteiger partial charge is 0.438 e. The van der Waals surface area contributed by atoms with Crippen molar-refractivity contribution in [2.45, 2.75) is 19.0 Å². The van der Waals surface area contributed by atoms with Crippen molar-refractivity contribution in [1.29, 1.82) is 0 Å². The summed E-state index contributed by atoms with van der Waals surface area (Å²) in [6, 6.07) is 2.09. The number of quaternary nitrogens is 1. The highest BCUT2D eigenvalue weighted by Crippen LogP contribution is 2.48. The van der Waals surface area contributed by atoms with Gasteiger partial charge in [0.05, 0.1) is 19.6 Å². The average Bonchev–Trinajstić information content (AvgIpc) is 2.94. The molecule has 4 rings (SSSR count). The van der Waals surface area contributed by atoms with Crippen molar-refractivity contribution < 1.29 is 22.4 Å². The summed E-state index contributed by atoms with van der Waals surface area (Å²) in [4.78, 5) is 2.30. The lowest BCUT2D eigenvalue weighted by atomic mass is 9.69. The van der Waals surface area contributed by atoms with Crippen molar-refractivity contribution in [2.24, 2.45) is 11.3 Å². The molecule has 0 amide bonds. The van der Waals surface area contributed by atoms with Gasteiger partial charge in [0.2, 0.25) is 0 Å². The number of alkyl halides is 3. The topological polar surface area (TPSA) is 12.5 Å². The summed E-state index contributed by atoms with van der Waals surface area (Å²) in [5, 5.41) is 4.17. The molecule has 0 aliphatic carbocycles. The third-order valence-electron chi connectivity index (χ3n) is 5.77. The molecule has 24 heavy (non-hydrogen) atoms. The lowest BCUT2D eigenvalue weighted by Gasteiger charge is -2.65. The van der Waals surface area contributed by atoms with Crippen LogP contribution < -0.4 is 4.90 Å². The van der Waals surface area contributed by atoms with E-state index in [4.69, 9.17) is 4.74 Å². The molecule has 0 radical (unpaired) electrons. The van der Waals surface area contributed by atoms with Crippen LogP contribution in [-0.2, 0) is 4.74 Å². The van der Waals surface area contributed by atoms with Crippen LogP contribution in [0.25, 0.3) is 0 Å². The van der Waals surface area contributed by atoms with Gasteiger partial charge in [0.15, 0.2) is 6.54 Å². The fraction of sp³-hybridized carbons (Fsp3) is 0.765. The summed E-state index contributed by atoms with van der Waals surface area (Å²) >= 11 is 1.67. The van der Waals surface area contributed by atoms with Crippen molar-refractivity contribution in [3.63, 3.8) is 0 Å². The minimum absolute atomic E-state index is 0.109. The highest BCUT2D eigenvalue weighted by molar-refractivity contribution is 7.08. The van der Waals surface area contributed by atoms with Gasteiger partial charge in [0.1, 0.15) is 5.41 Å². The van der Waals surface area contributed by atoms with Crippen LogP contribution >= 0.6 is 11.3 Å². The number of nitrogens with zero attached hydrogens (tertiary/aromatic N) is 2. The van der Waals surface area contributed by atoms with Gasteiger partial charge >= 0.3 is 6.18 Å². The van der Waals surface area contributed by atoms with Crippen LogP contribution in [0.1, 0.15) is 12.8 Å². The smallest absolute Gasteiger partial charge is 0.381 e. The Morgan fingerprint density at radius 1 is 1.25 bits per heavy atom. The molecule has 0 N–H and O–H groups in total. The van der Waals surface area contributed by atoms with Gasteiger partial charge in [-0.1, -0.05) is 0 Å². The maximum absolute atomic E-state index is 13.2. The van der Waals surface area contributed by atoms with Crippen LogP contribution in [0.3, 0.4) is 0 Å². The molecular weight excluding hydrogens is 337 g/mol. The van der Waals surface area contributed by atoms with Crippen molar-refractivity contribution >= 4 is 17.0 Å². The third kappa shape index (κ3) is 3.30. The average molecular weight is 361 g/mol. The summed E-state index contributed by atoms with van der Waals surface area (Å²) in [5.41, 5.74) is 1.33. The number of rotatable bonds is 4. The zero-order valence-electron chi connectivity index (χ0n) is 13.7. The fourth-order valence-corrected chi connectivity index (χ4v) is 5.79. The number of halogens is 3. The minimum atomic E-state index is -4.08. The number of hydrogen-bond acceptors (Lipinski definition) is 3. The molecule has 3 saturated heterocycles. The first-order valence-corrected chi connectivity index (χ1v) is 9.58. The van der Waals surface area contributed by atoms with Gasteiger partial charge in [-0.25, -0.2) is 0 Å². The van der Waals surface area contributed by atoms with E-state index >= 15 is 0 Å². The van der Waals surface area contributed by atoms with Gasteiger partial charge in [0.25, 0.3) is 0 Å². The van der Waals surface area contributed by atoms with Gasteiger partial charge in [-0.3, -0.25) is 0 Å². The van der Waals surface area contributed by atoms with Crippen molar-refractivity contribution in [3.05, 3.63) is 16.8 Å². The Kier molecular flexibility index (Phi) is 4.09. The first kappa shape index (κ1) is 16.7. The van der Waals surface area contributed by atoms with Crippen LogP contribution in [0.5, 0.6) is 0 Å². The SMILES string of the molecule is FC(F)(F)C[N+]1(CC2CCOCC2)CC2(CN(c3ccsc3)C2)C1. The quantitative estimate of drug-likeness (QED) is 0.763. The maximum Gasteiger partial charge on any atom is 0.438 e. The molecule has 0 aromatic carbocycles. The molecular formula is C17H24F3N2OS+.